The molecule has 2 aromatic heterocycles. The molecular weight excluding hydrogens is 160 g/mol. The fourth-order valence-electron chi connectivity index (χ4n) is 1.17. The summed E-state index contributed by atoms with van der Waals surface area (Å²) >= 11 is 5.92. The van der Waals surface area contributed by atoms with Crippen LogP contribution in [-0.4, -0.2) is 9.55 Å². The van der Waals surface area contributed by atoms with Crippen molar-refractivity contribution in [2.45, 2.75) is 0 Å². The van der Waals surface area contributed by atoms with Gasteiger partial charge >= 0.3 is 0 Å². The van der Waals surface area contributed by atoms with Crippen LogP contribution in [0.4, 0.5) is 0 Å². The highest BCUT2D eigenvalue weighted by Gasteiger charge is 2.02. The molecule has 0 bridgehead atoms. The summed E-state index contributed by atoms with van der Waals surface area (Å²) in [5.41, 5.74) is 0.928. The zero-order valence-corrected chi connectivity index (χ0v) is 6.84. The number of hydrogen-bond donors (Lipinski definition) is 0. The molecule has 0 aliphatic rings. The predicted molar refractivity (Wildman–Crippen MR) is 45.7 cm³/mol. The second kappa shape index (κ2) is 2.24. The average Bonchev–Trinajstić information content (AvgIpc) is 2.30. The van der Waals surface area contributed by atoms with Crippen LogP contribution in [0.3, 0.4) is 0 Å². The van der Waals surface area contributed by atoms with E-state index in [0.717, 1.165) is 16.1 Å². The van der Waals surface area contributed by atoms with E-state index >= 15 is 0 Å². The first-order valence-corrected chi connectivity index (χ1v) is 3.72. The number of nitrogens with zero attached hydrogens (tertiary/aromatic N) is 2. The molecule has 0 saturated carbocycles. The first kappa shape index (κ1) is 6.68. The van der Waals surface area contributed by atoms with Crippen LogP contribution in [0, 0.1) is 0 Å². The molecule has 0 N–H and O–H groups in total. The number of aryl methyl sites for hydroxylation is 1. The van der Waals surface area contributed by atoms with E-state index in [1.807, 2.05) is 29.9 Å². The third-order valence-electron chi connectivity index (χ3n) is 1.69. The van der Waals surface area contributed by atoms with E-state index in [1.165, 1.54) is 0 Å². The highest BCUT2D eigenvalue weighted by Crippen LogP contribution is 2.22. The Morgan fingerprint density at radius 3 is 3.09 bits per heavy atom. The molecule has 56 valence electrons. The fourth-order valence-corrected chi connectivity index (χ4v) is 1.46. The Kier molecular flexibility index (Phi) is 1.36. The van der Waals surface area contributed by atoms with Crippen LogP contribution >= 0.6 is 11.6 Å². The minimum Gasteiger partial charge on any atom is -0.334 e. The van der Waals surface area contributed by atoms with Crippen molar-refractivity contribution in [1.82, 2.24) is 9.55 Å². The average molecular weight is 167 g/mol. The van der Waals surface area contributed by atoms with Gasteiger partial charge in [0.05, 0.1) is 5.02 Å². The van der Waals surface area contributed by atoms with Crippen molar-refractivity contribution in [2.24, 2.45) is 7.05 Å². The standard InChI is InChI=1S/C8H7ClN2/c1-11-5-7(9)6-3-2-4-10-8(6)11/h2-5H,1H3. The summed E-state index contributed by atoms with van der Waals surface area (Å²) in [5, 5.41) is 1.77. The van der Waals surface area contributed by atoms with Crippen LogP contribution < -0.4 is 0 Å². The predicted octanol–water partition coefficient (Wildman–Crippen LogP) is 2.23. The molecule has 0 unspecified atom stereocenters. The quantitative estimate of drug-likeness (QED) is 0.587. The van der Waals surface area contributed by atoms with Crippen molar-refractivity contribution >= 4 is 22.6 Å². The van der Waals surface area contributed by atoms with Crippen LogP contribution in [0.15, 0.2) is 24.5 Å². The fraction of sp³-hybridized carbons (Fsp3) is 0.125. The molecule has 0 radical (unpaired) electrons. The van der Waals surface area contributed by atoms with E-state index in [-0.39, 0.29) is 0 Å². The van der Waals surface area contributed by atoms with Crippen LogP contribution in [-0.2, 0) is 7.05 Å². The maximum Gasteiger partial charge on any atom is 0.141 e. The maximum atomic E-state index is 5.92. The van der Waals surface area contributed by atoms with Gasteiger partial charge in [-0.1, -0.05) is 11.6 Å². The number of halogens is 1. The van der Waals surface area contributed by atoms with Crippen LogP contribution in [0.2, 0.25) is 5.02 Å². The Morgan fingerprint density at radius 1 is 1.55 bits per heavy atom. The van der Waals surface area contributed by atoms with Crippen molar-refractivity contribution < 1.29 is 0 Å². The van der Waals surface area contributed by atoms with Gasteiger partial charge in [0, 0.05) is 24.8 Å². The molecule has 11 heavy (non-hydrogen) atoms. The van der Waals surface area contributed by atoms with Gasteiger partial charge in [-0.2, -0.15) is 0 Å². The van der Waals surface area contributed by atoms with E-state index in [0.29, 0.717) is 0 Å². The lowest BCUT2D eigenvalue weighted by atomic mass is 10.3. The molecule has 0 aromatic carbocycles. The summed E-state index contributed by atoms with van der Waals surface area (Å²) < 4.78 is 1.91. The van der Waals surface area contributed by atoms with Crippen LogP contribution in [0.1, 0.15) is 0 Å². The second-order valence-electron chi connectivity index (χ2n) is 2.46. The van der Waals surface area contributed by atoms with Gasteiger partial charge in [-0.25, -0.2) is 4.98 Å². The van der Waals surface area contributed by atoms with Crippen molar-refractivity contribution in [3.05, 3.63) is 29.5 Å². The van der Waals surface area contributed by atoms with Gasteiger partial charge in [-0.15, -0.1) is 0 Å². The van der Waals surface area contributed by atoms with Crippen molar-refractivity contribution in [2.75, 3.05) is 0 Å². The normalized spacial score (nSPS) is 10.7. The molecule has 0 fully saturated rings. The second-order valence-corrected chi connectivity index (χ2v) is 2.87. The summed E-state index contributed by atoms with van der Waals surface area (Å²) in [6.45, 7) is 0. The Morgan fingerprint density at radius 2 is 2.36 bits per heavy atom. The lowest BCUT2D eigenvalue weighted by Crippen LogP contribution is -1.85. The molecule has 2 aromatic rings. The lowest BCUT2D eigenvalue weighted by molar-refractivity contribution is 0.948. The lowest BCUT2D eigenvalue weighted by Gasteiger charge is -1.91. The van der Waals surface area contributed by atoms with Crippen molar-refractivity contribution in [1.29, 1.82) is 0 Å². The molecule has 0 atom stereocenters. The van der Waals surface area contributed by atoms with Crippen LogP contribution in [0.5, 0.6) is 0 Å². The molecule has 0 aliphatic carbocycles. The van der Waals surface area contributed by atoms with E-state index in [9.17, 15) is 0 Å². The van der Waals surface area contributed by atoms with Gasteiger partial charge < -0.3 is 4.57 Å². The van der Waals surface area contributed by atoms with E-state index < -0.39 is 0 Å². The molecule has 0 saturated heterocycles. The molecule has 2 nitrogen and oxygen atoms in total. The van der Waals surface area contributed by atoms with Crippen molar-refractivity contribution in [3.63, 3.8) is 0 Å². The monoisotopic (exact) mass is 166 g/mol. The molecular formula is C8H7ClN2. The molecule has 0 amide bonds. The number of aromatic nitrogens is 2. The maximum absolute atomic E-state index is 5.92. The molecule has 2 heterocycles. The summed E-state index contributed by atoms with van der Waals surface area (Å²) in [4.78, 5) is 4.18. The van der Waals surface area contributed by atoms with Gasteiger partial charge in [-0.05, 0) is 12.1 Å². The highest BCUT2D eigenvalue weighted by molar-refractivity contribution is 6.35. The zero-order chi connectivity index (χ0) is 7.84. The molecule has 0 aliphatic heterocycles. The SMILES string of the molecule is Cn1cc(Cl)c2cccnc21. The smallest absolute Gasteiger partial charge is 0.141 e. The topological polar surface area (TPSA) is 17.8 Å². The van der Waals surface area contributed by atoms with E-state index in [4.69, 9.17) is 11.6 Å². The number of pyridine rings is 1. The Labute approximate surface area is 69.4 Å². The molecule has 0 spiro atoms. The third-order valence-corrected chi connectivity index (χ3v) is 1.99. The van der Waals surface area contributed by atoms with Gasteiger partial charge in [0.15, 0.2) is 0 Å². The highest BCUT2D eigenvalue weighted by atomic mass is 35.5. The summed E-state index contributed by atoms with van der Waals surface area (Å²) in [6.07, 6.45) is 3.62. The Balaban J connectivity index is 2.95. The first-order valence-electron chi connectivity index (χ1n) is 3.34. The molecule has 3 heteroatoms. The third kappa shape index (κ3) is 0.906. The number of rotatable bonds is 0. The Bertz CT molecular complexity index is 356. The van der Waals surface area contributed by atoms with E-state index in [1.54, 1.807) is 6.20 Å². The zero-order valence-electron chi connectivity index (χ0n) is 6.08. The summed E-state index contributed by atoms with van der Waals surface area (Å²) in [7, 11) is 1.93. The summed E-state index contributed by atoms with van der Waals surface area (Å²) in [6, 6.07) is 3.85. The van der Waals surface area contributed by atoms with Gasteiger partial charge in [0.25, 0.3) is 0 Å². The minimum absolute atomic E-state index is 0.760. The van der Waals surface area contributed by atoms with E-state index in [2.05, 4.69) is 4.98 Å². The van der Waals surface area contributed by atoms with Gasteiger partial charge in [0.1, 0.15) is 5.65 Å². The largest absolute Gasteiger partial charge is 0.334 e. The Hall–Kier alpha value is -1.02. The van der Waals surface area contributed by atoms with Gasteiger partial charge in [0.2, 0.25) is 0 Å². The summed E-state index contributed by atoms with van der Waals surface area (Å²) in [5.74, 6) is 0. The number of hydrogen-bond acceptors (Lipinski definition) is 1. The minimum atomic E-state index is 0.760. The first-order chi connectivity index (χ1) is 5.29. The van der Waals surface area contributed by atoms with Crippen LogP contribution in [0.25, 0.3) is 11.0 Å². The van der Waals surface area contributed by atoms with Crippen molar-refractivity contribution in [3.8, 4) is 0 Å². The number of fused-ring (bicyclic) bond motifs is 1. The molecule has 2 rings (SSSR count). The van der Waals surface area contributed by atoms with Gasteiger partial charge in [-0.3, -0.25) is 0 Å².